The van der Waals surface area contributed by atoms with Crippen molar-refractivity contribution in [1.29, 1.82) is 0 Å². The Kier molecular flexibility index (Phi) is 4.71. The van der Waals surface area contributed by atoms with E-state index in [1.807, 2.05) is 0 Å². The van der Waals surface area contributed by atoms with Gasteiger partial charge in [0.15, 0.2) is 0 Å². The molecule has 1 aromatic rings. The molecular weight excluding hydrogens is 288 g/mol. The van der Waals surface area contributed by atoms with Crippen LogP contribution in [0.4, 0.5) is 8.78 Å². The monoisotopic (exact) mass is 309 g/mol. The Morgan fingerprint density at radius 1 is 1.14 bits per heavy atom. The Morgan fingerprint density at radius 2 is 1.86 bits per heavy atom. The molecular formula is C17H21F2NO2. The average molecular weight is 309 g/mol. The lowest BCUT2D eigenvalue weighted by Gasteiger charge is -2.44. The highest BCUT2D eigenvalue weighted by atomic mass is 19.1. The highest BCUT2D eigenvalue weighted by Gasteiger charge is 2.34. The van der Waals surface area contributed by atoms with Gasteiger partial charge in [-0.05, 0) is 50.9 Å². The van der Waals surface area contributed by atoms with Crippen molar-refractivity contribution >= 4 is 5.97 Å². The topological polar surface area (TPSA) is 29.5 Å². The quantitative estimate of drug-likeness (QED) is 0.802. The number of halogens is 2. The highest BCUT2D eigenvalue weighted by molar-refractivity contribution is 5.90. The first-order valence-corrected chi connectivity index (χ1v) is 8.02. The van der Waals surface area contributed by atoms with Gasteiger partial charge in [0.2, 0.25) is 0 Å². The van der Waals surface area contributed by atoms with E-state index < -0.39 is 23.2 Å². The second-order valence-corrected chi connectivity index (χ2v) is 6.20. The second-order valence-electron chi connectivity index (χ2n) is 6.20. The molecule has 0 amide bonds. The molecule has 0 spiro atoms. The van der Waals surface area contributed by atoms with Gasteiger partial charge in [-0.3, -0.25) is 4.90 Å². The van der Waals surface area contributed by atoms with Gasteiger partial charge in [0.05, 0.1) is 6.61 Å². The Hall–Kier alpha value is -1.49. The van der Waals surface area contributed by atoms with Gasteiger partial charge in [0.25, 0.3) is 0 Å². The molecule has 0 N–H and O–H groups in total. The molecule has 0 saturated carbocycles. The fourth-order valence-corrected chi connectivity index (χ4v) is 3.72. The molecule has 120 valence electrons. The second kappa shape index (κ2) is 6.73. The van der Waals surface area contributed by atoms with E-state index in [0.717, 1.165) is 44.5 Å². The third kappa shape index (κ3) is 3.14. The van der Waals surface area contributed by atoms with Gasteiger partial charge >= 0.3 is 5.97 Å². The fraction of sp³-hybridized carbons (Fsp3) is 0.588. The highest BCUT2D eigenvalue weighted by Crippen LogP contribution is 2.31. The van der Waals surface area contributed by atoms with Crippen molar-refractivity contribution < 1.29 is 18.3 Å². The minimum absolute atomic E-state index is 0.244. The summed E-state index contributed by atoms with van der Waals surface area (Å²) in [6.07, 6.45) is 5.65. The molecule has 0 bridgehead atoms. The summed E-state index contributed by atoms with van der Waals surface area (Å²) in [5.41, 5.74) is -0.584. The van der Waals surface area contributed by atoms with Crippen molar-refractivity contribution in [1.82, 2.24) is 4.90 Å². The molecule has 2 heterocycles. The van der Waals surface area contributed by atoms with E-state index in [4.69, 9.17) is 4.74 Å². The summed E-state index contributed by atoms with van der Waals surface area (Å²) >= 11 is 0. The first kappa shape index (κ1) is 15.4. The number of hydrogen-bond acceptors (Lipinski definition) is 3. The lowest BCUT2D eigenvalue weighted by atomic mass is 9.84. The van der Waals surface area contributed by atoms with E-state index in [1.54, 1.807) is 0 Å². The molecule has 5 heteroatoms. The van der Waals surface area contributed by atoms with E-state index in [9.17, 15) is 13.6 Å². The minimum atomic E-state index is -0.900. The van der Waals surface area contributed by atoms with Crippen molar-refractivity contribution in [3.63, 3.8) is 0 Å². The SMILES string of the molecule is O=C(OCC1CCCN2CCCCC12)c1c(F)cccc1F. The van der Waals surface area contributed by atoms with Crippen LogP contribution < -0.4 is 0 Å². The number of carbonyl (C=O) groups excluding carboxylic acids is 1. The number of esters is 1. The van der Waals surface area contributed by atoms with E-state index >= 15 is 0 Å². The van der Waals surface area contributed by atoms with Gasteiger partial charge in [-0.2, -0.15) is 0 Å². The minimum Gasteiger partial charge on any atom is -0.462 e. The largest absolute Gasteiger partial charge is 0.462 e. The molecule has 3 rings (SSSR count). The smallest absolute Gasteiger partial charge is 0.344 e. The summed E-state index contributed by atoms with van der Waals surface area (Å²) < 4.78 is 32.4. The van der Waals surface area contributed by atoms with E-state index in [2.05, 4.69) is 4.90 Å². The molecule has 3 nitrogen and oxygen atoms in total. The van der Waals surface area contributed by atoms with E-state index in [0.29, 0.717) is 6.04 Å². The van der Waals surface area contributed by atoms with Crippen LogP contribution in [0.3, 0.4) is 0 Å². The van der Waals surface area contributed by atoms with Crippen LogP contribution in [0, 0.1) is 17.6 Å². The maximum Gasteiger partial charge on any atom is 0.344 e. The number of nitrogens with zero attached hydrogens (tertiary/aromatic N) is 1. The lowest BCUT2D eigenvalue weighted by Crippen LogP contribution is -2.49. The maximum absolute atomic E-state index is 13.6. The number of piperidine rings is 2. The molecule has 2 aliphatic rings. The number of ether oxygens (including phenoxy) is 1. The number of rotatable bonds is 3. The maximum atomic E-state index is 13.6. The molecule has 1 aromatic carbocycles. The Labute approximate surface area is 129 Å². The van der Waals surface area contributed by atoms with Crippen LogP contribution in [-0.2, 0) is 4.74 Å². The molecule has 2 fully saturated rings. The van der Waals surface area contributed by atoms with Crippen molar-refractivity contribution in [2.45, 2.75) is 38.1 Å². The summed E-state index contributed by atoms with van der Waals surface area (Å²) in [4.78, 5) is 14.4. The van der Waals surface area contributed by atoms with Gasteiger partial charge in [-0.15, -0.1) is 0 Å². The van der Waals surface area contributed by atoms with E-state index in [-0.39, 0.29) is 12.5 Å². The van der Waals surface area contributed by atoms with Crippen LogP contribution in [-0.4, -0.2) is 36.6 Å². The zero-order chi connectivity index (χ0) is 15.5. The Morgan fingerprint density at radius 3 is 2.64 bits per heavy atom. The van der Waals surface area contributed by atoms with Crippen LogP contribution in [0.25, 0.3) is 0 Å². The lowest BCUT2D eigenvalue weighted by molar-refractivity contribution is 0.00683. The molecule has 0 radical (unpaired) electrons. The summed E-state index contributed by atoms with van der Waals surface area (Å²) in [5.74, 6) is -2.36. The zero-order valence-electron chi connectivity index (χ0n) is 12.6. The van der Waals surface area contributed by atoms with Crippen LogP contribution in [0.1, 0.15) is 42.5 Å². The van der Waals surface area contributed by atoms with Gasteiger partial charge in [-0.1, -0.05) is 12.5 Å². The molecule has 22 heavy (non-hydrogen) atoms. The van der Waals surface area contributed by atoms with Crippen LogP contribution in [0.5, 0.6) is 0 Å². The van der Waals surface area contributed by atoms with Crippen LogP contribution in [0.2, 0.25) is 0 Å². The van der Waals surface area contributed by atoms with Gasteiger partial charge in [0.1, 0.15) is 17.2 Å². The van der Waals surface area contributed by atoms with E-state index in [1.165, 1.54) is 18.9 Å². The van der Waals surface area contributed by atoms with Crippen LogP contribution >= 0.6 is 0 Å². The number of hydrogen-bond donors (Lipinski definition) is 0. The molecule has 2 atom stereocenters. The number of fused-ring (bicyclic) bond motifs is 1. The molecule has 0 aliphatic carbocycles. The zero-order valence-corrected chi connectivity index (χ0v) is 12.6. The van der Waals surface area contributed by atoms with Crippen molar-refractivity contribution in [2.75, 3.05) is 19.7 Å². The van der Waals surface area contributed by atoms with Crippen LogP contribution in [0.15, 0.2) is 18.2 Å². The molecule has 2 aliphatic heterocycles. The van der Waals surface area contributed by atoms with Gasteiger partial charge in [0, 0.05) is 12.0 Å². The number of carbonyl (C=O) groups is 1. The standard InChI is InChI=1S/C17H21F2NO2/c18-13-6-3-7-14(19)16(13)17(21)22-11-12-5-4-10-20-9-2-1-8-15(12)20/h3,6-7,12,15H,1-2,4-5,8-11H2. The molecule has 2 unspecified atom stereocenters. The summed E-state index contributed by atoms with van der Waals surface area (Å²) in [7, 11) is 0. The first-order valence-electron chi connectivity index (χ1n) is 8.02. The molecule has 2 saturated heterocycles. The Balaban J connectivity index is 1.63. The molecule has 0 aromatic heterocycles. The summed E-state index contributed by atoms with van der Waals surface area (Å²) in [6.45, 7) is 2.46. The van der Waals surface area contributed by atoms with Gasteiger partial charge < -0.3 is 4.74 Å². The Bertz CT molecular complexity index is 527. The van der Waals surface area contributed by atoms with Gasteiger partial charge in [-0.25, -0.2) is 13.6 Å². The third-order valence-electron chi connectivity index (χ3n) is 4.82. The summed E-state index contributed by atoms with van der Waals surface area (Å²) in [5, 5.41) is 0. The van der Waals surface area contributed by atoms with Crippen molar-refractivity contribution in [3.05, 3.63) is 35.4 Å². The summed E-state index contributed by atoms with van der Waals surface area (Å²) in [6, 6.07) is 3.83. The fourth-order valence-electron chi connectivity index (χ4n) is 3.72. The number of benzene rings is 1. The average Bonchev–Trinajstić information content (AvgIpc) is 2.52. The predicted molar refractivity (Wildman–Crippen MR) is 78.6 cm³/mol. The predicted octanol–water partition coefficient (Wildman–Crippen LogP) is 3.39. The van der Waals surface area contributed by atoms with Crippen molar-refractivity contribution in [3.8, 4) is 0 Å². The first-order chi connectivity index (χ1) is 10.7. The third-order valence-corrected chi connectivity index (χ3v) is 4.82. The van der Waals surface area contributed by atoms with Crippen molar-refractivity contribution in [2.24, 2.45) is 5.92 Å². The normalized spacial score (nSPS) is 25.5.